The molecule has 12 heavy (non-hydrogen) atoms. The summed E-state index contributed by atoms with van der Waals surface area (Å²) in [5, 5.41) is 0. The zero-order chi connectivity index (χ0) is 9.00. The van der Waals surface area contributed by atoms with Crippen molar-refractivity contribution < 1.29 is 83.4 Å². The van der Waals surface area contributed by atoms with Gasteiger partial charge in [-0.1, -0.05) is 0 Å². The van der Waals surface area contributed by atoms with Crippen LogP contribution in [0.3, 0.4) is 0 Å². The summed E-state index contributed by atoms with van der Waals surface area (Å²) >= 11 is 0. The summed E-state index contributed by atoms with van der Waals surface area (Å²) in [6.45, 7) is 0. The summed E-state index contributed by atoms with van der Waals surface area (Å²) in [7, 11) is -10.1. The molecular weight excluding hydrogens is 270 g/mol. The first-order chi connectivity index (χ1) is 4.00. The average molecular weight is 272 g/mol. The Morgan fingerprint density at radius 1 is 1.08 bits per heavy atom. The maximum atomic E-state index is 8.74. The zero-order valence-corrected chi connectivity index (χ0v) is 10.4. The first-order valence-electron chi connectivity index (χ1n) is 1.43. The first kappa shape index (κ1) is 23.4. The molecule has 0 unspecified atom stereocenters. The predicted octanol–water partition coefficient (Wildman–Crippen LogP) is -6.48. The molecule has 0 aromatic heterocycles. The third kappa shape index (κ3) is 564. The molecule has 0 aromatic rings. The SMILES string of the molecule is O=P([O-])([O-])[O-].O=S(=O)(O)O.[Fe+2].[Na+]. The summed E-state index contributed by atoms with van der Waals surface area (Å²) in [5.41, 5.74) is 0. The summed E-state index contributed by atoms with van der Waals surface area (Å²) in [6, 6.07) is 0. The Balaban J connectivity index is -0.0000000457. The molecule has 70 valence electrons. The molecule has 0 heterocycles. The normalized spacial score (nSPS) is 9.75. The van der Waals surface area contributed by atoms with Crippen molar-refractivity contribution in [3.05, 3.63) is 0 Å². The number of phosphoric acid groups is 1. The van der Waals surface area contributed by atoms with Crippen molar-refractivity contribution in [2.75, 3.05) is 0 Å². The molecule has 2 N–H and O–H groups in total. The van der Waals surface area contributed by atoms with Crippen molar-refractivity contribution in [2.24, 2.45) is 0 Å². The van der Waals surface area contributed by atoms with E-state index in [9.17, 15) is 0 Å². The van der Waals surface area contributed by atoms with Gasteiger partial charge in [-0.15, -0.1) is 0 Å². The molecule has 0 aromatic carbocycles. The van der Waals surface area contributed by atoms with E-state index in [4.69, 9.17) is 36.8 Å². The van der Waals surface area contributed by atoms with Gasteiger partial charge in [0, 0.05) is 0 Å². The van der Waals surface area contributed by atoms with Gasteiger partial charge in [0.2, 0.25) is 0 Å². The van der Waals surface area contributed by atoms with Crippen molar-refractivity contribution in [1.29, 1.82) is 0 Å². The van der Waals surface area contributed by atoms with Crippen LogP contribution in [0, 0.1) is 0 Å². The van der Waals surface area contributed by atoms with Crippen LogP contribution in [0.4, 0.5) is 0 Å². The van der Waals surface area contributed by atoms with Crippen molar-refractivity contribution in [3.8, 4) is 0 Å². The van der Waals surface area contributed by atoms with E-state index >= 15 is 0 Å². The van der Waals surface area contributed by atoms with Crippen LogP contribution < -0.4 is 44.2 Å². The largest absolute Gasteiger partial charge is 2.00 e. The van der Waals surface area contributed by atoms with E-state index in [1.54, 1.807) is 0 Å². The topological polar surface area (TPSA) is 161 Å². The summed E-state index contributed by atoms with van der Waals surface area (Å²) < 4.78 is 40.1. The van der Waals surface area contributed by atoms with Gasteiger partial charge in [0.05, 0.1) is 0 Å². The molecular formula is H2FeNaO8PS. The van der Waals surface area contributed by atoms with Crippen LogP contribution in [-0.2, 0) is 32.0 Å². The van der Waals surface area contributed by atoms with E-state index in [1.807, 2.05) is 0 Å². The molecule has 0 atom stereocenters. The predicted molar refractivity (Wildman–Crippen MR) is 21.8 cm³/mol. The minimum Gasteiger partial charge on any atom is -0.822 e. The fourth-order valence-electron chi connectivity index (χ4n) is 0. The summed E-state index contributed by atoms with van der Waals surface area (Å²) in [5.74, 6) is 0. The fourth-order valence-corrected chi connectivity index (χ4v) is 0. The maximum Gasteiger partial charge on any atom is 2.00 e. The molecule has 0 rings (SSSR count). The second-order valence-electron chi connectivity index (χ2n) is 0.895. The Morgan fingerprint density at radius 3 is 1.08 bits per heavy atom. The van der Waals surface area contributed by atoms with Gasteiger partial charge in [0.1, 0.15) is 0 Å². The molecule has 0 spiro atoms. The van der Waals surface area contributed by atoms with E-state index in [0.717, 1.165) is 0 Å². The second kappa shape index (κ2) is 9.07. The van der Waals surface area contributed by atoms with Crippen LogP contribution in [0.5, 0.6) is 0 Å². The van der Waals surface area contributed by atoms with Gasteiger partial charge in [-0.2, -0.15) is 16.2 Å². The van der Waals surface area contributed by atoms with E-state index < -0.39 is 18.2 Å². The van der Waals surface area contributed by atoms with E-state index in [1.165, 1.54) is 0 Å². The third-order valence-electron chi connectivity index (χ3n) is 0. The molecule has 0 fully saturated rings. The molecule has 0 radical (unpaired) electrons. The zero-order valence-electron chi connectivity index (χ0n) is 5.55. The van der Waals surface area contributed by atoms with Crippen molar-refractivity contribution in [3.63, 3.8) is 0 Å². The van der Waals surface area contributed by atoms with Crippen LogP contribution >= 0.6 is 7.82 Å². The van der Waals surface area contributed by atoms with Crippen molar-refractivity contribution in [1.82, 2.24) is 0 Å². The quantitative estimate of drug-likeness (QED) is 0.250. The fraction of sp³-hybridized carbons (Fsp3) is 0. The van der Waals surface area contributed by atoms with Crippen molar-refractivity contribution >= 4 is 18.2 Å². The average Bonchev–Trinajstić information content (AvgIpc) is 1.12. The molecule has 0 aliphatic heterocycles. The monoisotopic (exact) mass is 272 g/mol. The number of hydrogen-bond donors (Lipinski definition) is 2. The van der Waals surface area contributed by atoms with Gasteiger partial charge < -0.3 is 19.2 Å². The molecule has 0 saturated heterocycles. The maximum absolute atomic E-state index is 8.74. The molecule has 0 aliphatic carbocycles. The summed E-state index contributed by atoms with van der Waals surface area (Å²) in [6.07, 6.45) is 0. The van der Waals surface area contributed by atoms with Gasteiger partial charge in [-0.05, 0) is 0 Å². The Morgan fingerprint density at radius 2 is 1.08 bits per heavy atom. The molecule has 8 nitrogen and oxygen atoms in total. The van der Waals surface area contributed by atoms with Gasteiger partial charge in [0.25, 0.3) is 0 Å². The van der Waals surface area contributed by atoms with Crippen LogP contribution in [0.1, 0.15) is 0 Å². The van der Waals surface area contributed by atoms with E-state index in [2.05, 4.69) is 0 Å². The van der Waals surface area contributed by atoms with Crippen LogP contribution in [0.2, 0.25) is 0 Å². The Bertz CT molecular complexity index is 197. The second-order valence-corrected chi connectivity index (χ2v) is 2.69. The van der Waals surface area contributed by atoms with Gasteiger partial charge in [-0.3, -0.25) is 9.11 Å². The minimum atomic E-state index is -5.39. The Labute approximate surface area is 101 Å². The smallest absolute Gasteiger partial charge is 0.822 e. The summed E-state index contributed by atoms with van der Waals surface area (Å²) in [4.78, 5) is 25.6. The van der Waals surface area contributed by atoms with Gasteiger partial charge in [-0.25, -0.2) is 0 Å². The van der Waals surface area contributed by atoms with Gasteiger partial charge >= 0.3 is 57.0 Å². The van der Waals surface area contributed by atoms with Gasteiger partial charge in [0.15, 0.2) is 0 Å². The molecule has 0 saturated carbocycles. The molecule has 0 bridgehead atoms. The van der Waals surface area contributed by atoms with Crippen molar-refractivity contribution in [2.45, 2.75) is 0 Å². The molecule has 12 heteroatoms. The van der Waals surface area contributed by atoms with Crippen LogP contribution in [-0.4, -0.2) is 17.5 Å². The standard InChI is InChI=1S/Fe.Na.H3O4P.H2O4S/c;;2*1-5(2,3)4/h;;(H3,1,2,3,4);(H2,1,2,3,4)/q+2;+1;;/p-3. The first-order valence-corrected chi connectivity index (χ1v) is 4.29. The number of hydrogen-bond acceptors (Lipinski definition) is 6. The Kier molecular flexibility index (Phi) is 17.7. The molecule has 0 amide bonds. The van der Waals surface area contributed by atoms with Crippen LogP contribution in [0.25, 0.3) is 0 Å². The number of rotatable bonds is 0. The third-order valence-corrected chi connectivity index (χ3v) is 0. The van der Waals surface area contributed by atoms with Crippen LogP contribution in [0.15, 0.2) is 0 Å². The van der Waals surface area contributed by atoms with E-state index in [-0.39, 0.29) is 46.6 Å². The minimum absolute atomic E-state index is 0. The van der Waals surface area contributed by atoms with E-state index in [0.29, 0.717) is 0 Å². The molecule has 0 aliphatic rings. The Hall–Kier alpha value is 1.50.